The molecule has 0 heterocycles. The third-order valence-electron chi connectivity index (χ3n) is 3.58. The molecule has 0 spiro atoms. The average molecular weight is 356 g/mol. The molecule has 7 nitrogen and oxygen atoms in total. The van der Waals surface area contributed by atoms with Crippen LogP contribution in [0.1, 0.15) is 25.7 Å². The van der Waals surface area contributed by atoms with Crippen molar-refractivity contribution in [1.82, 2.24) is 10.6 Å². The molecule has 0 saturated heterocycles. The molecule has 140 valence electrons. The van der Waals surface area contributed by atoms with Gasteiger partial charge in [-0.05, 0) is 25.7 Å². The second kappa shape index (κ2) is 10.5. The van der Waals surface area contributed by atoms with Gasteiger partial charge >= 0.3 is 18.2 Å². The first-order chi connectivity index (χ1) is 11.3. The molecular weight excluding hydrogens is 333 g/mol. The van der Waals surface area contributed by atoms with E-state index < -0.39 is 18.2 Å². The average Bonchev–Trinajstić information content (AvgIpc) is 2.51. The number of alkyl halides is 3. The highest BCUT2D eigenvalue weighted by Crippen LogP contribution is 2.20. The van der Waals surface area contributed by atoms with Crippen LogP contribution < -0.4 is 10.6 Å². The van der Waals surface area contributed by atoms with E-state index in [2.05, 4.69) is 15.4 Å². The molecule has 1 fully saturated rings. The van der Waals surface area contributed by atoms with Gasteiger partial charge in [-0.25, -0.2) is 9.59 Å². The lowest BCUT2D eigenvalue weighted by Gasteiger charge is -2.29. The fraction of sp³-hybridized carbons (Fsp3) is 0.857. The highest BCUT2D eigenvalue weighted by atomic mass is 19.4. The van der Waals surface area contributed by atoms with Crippen molar-refractivity contribution in [3.63, 3.8) is 0 Å². The van der Waals surface area contributed by atoms with Crippen molar-refractivity contribution in [3.05, 3.63) is 0 Å². The molecule has 1 aliphatic rings. The van der Waals surface area contributed by atoms with Crippen LogP contribution in [0.5, 0.6) is 0 Å². The summed E-state index contributed by atoms with van der Waals surface area (Å²) in [5.74, 6) is -2.51. The number of esters is 1. The first kappa shape index (κ1) is 20.7. The maximum absolute atomic E-state index is 12.0. The Kier molecular flexibility index (Phi) is 9.01. The van der Waals surface area contributed by atoms with E-state index in [9.17, 15) is 22.8 Å². The number of nitrogens with one attached hydrogen (secondary N) is 2. The van der Waals surface area contributed by atoms with Gasteiger partial charge in [0.15, 0.2) is 0 Å². The van der Waals surface area contributed by atoms with Crippen LogP contribution in [0, 0.1) is 0 Å². The first-order valence-electron chi connectivity index (χ1n) is 7.72. The van der Waals surface area contributed by atoms with Crippen LogP contribution in [-0.4, -0.2) is 63.8 Å². The van der Waals surface area contributed by atoms with Crippen molar-refractivity contribution in [2.75, 3.05) is 33.5 Å². The van der Waals surface area contributed by atoms with Crippen LogP contribution >= 0.6 is 0 Å². The van der Waals surface area contributed by atoms with Gasteiger partial charge in [0.25, 0.3) is 0 Å². The van der Waals surface area contributed by atoms with E-state index in [0.717, 1.165) is 12.8 Å². The SMILES string of the molecule is COCCOCCNC1CCC(NC(=O)OC(=O)C(F)(F)F)CC1. The van der Waals surface area contributed by atoms with Crippen molar-refractivity contribution in [2.45, 2.75) is 43.9 Å². The van der Waals surface area contributed by atoms with Gasteiger partial charge < -0.3 is 24.8 Å². The number of carbonyl (C=O) groups is 2. The number of rotatable bonds is 8. The zero-order chi connectivity index (χ0) is 18.0. The molecule has 0 aromatic rings. The maximum atomic E-state index is 12.0. The molecule has 1 aliphatic carbocycles. The Morgan fingerprint density at radius 1 is 1.04 bits per heavy atom. The number of ether oxygens (including phenoxy) is 3. The topological polar surface area (TPSA) is 85.9 Å². The van der Waals surface area contributed by atoms with Crippen molar-refractivity contribution < 1.29 is 37.0 Å². The fourth-order valence-electron chi connectivity index (χ4n) is 2.36. The molecule has 0 atom stereocenters. The molecule has 10 heteroatoms. The standard InChI is InChI=1S/C14H23F3N2O5/c1-22-8-9-23-7-6-18-10-2-4-11(5-3-10)19-13(21)24-12(20)14(15,16)17/h10-11,18H,2-9H2,1H3,(H,19,21). The van der Waals surface area contributed by atoms with E-state index >= 15 is 0 Å². The maximum Gasteiger partial charge on any atom is 0.491 e. The lowest BCUT2D eigenvalue weighted by atomic mass is 9.91. The smallest absolute Gasteiger partial charge is 0.382 e. The summed E-state index contributed by atoms with van der Waals surface area (Å²) < 4.78 is 49.8. The molecule has 0 aromatic heterocycles. The minimum atomic E-state index is -5.18. The predicted molar refractivity (Wildman–Crippen MR) is 77.4 cm³/mol. The van der Waals surface area contributed by atoms with Crippen LogP contribution in [0.15, 0.2) is 0 Å². The molecule has 0 aliphatic heterocycles. The number of amides is 1. The van der Waals surface area contributed by atoms with E-state index in [-0.39, 0.29) is 12.1 Å². The Morgan fingerprint density at radius 2 is 1.67 bits per heavy atom. The number of methoxy groups -OCH3 is 1. The number of hydrogen-bond donors (Lipinski definition) is 2. The highest BCUT2D eigenvalue weighted by molar-refractivity contribution is 5.87. The van der Waals surface area contributed by atoms with Crippen LogP contribution in [0.25, 0.3) is 0 Å². The van der Waals surface area contributed by atoms with E-state index in [0.29, 0.717) is 39.2 Å². The molecule has 2 N–H and O–H groups in total. The number of carbonyl (C=O) groups excluding carboxylic acids is 2. The monoisotopic (exact) mass is 356 g/mol. The summed E-state index contributed by atoms with van der Waals surface area (Å²) in [6, 6.07) is -0.0311. The van der Waals surface area contributed by atoms with Crippen molar-refractivity contribution >= 4 is 12.1 Å². The zero-order valence-electron chi connectivity index (χ0n) is 13.5. The van der Waals surface area contributed by atoms with Crippen molar-refractivity contribution in [2.24, 2.45) is 0 Å². The molecule has 1 saturated carbocycles. The fourth-order valence-corrected chi connectivity index (χ4v) is 2.36. The van der Waals surface area contributed by atoms with Gasteiger partial charge in [-0.3, -0.25) is 0 Å². The van der Waals surface area contributed by atoms with Gasteiger partial charge in [0.2, 0.25) is 0 Å². The largest absolute Gasteiger partial charge is 0.491 e. The summed E-state index contributed by atoms with van der Waals surface area (Å²) in [4.78, 5) is 21.8. The van der Waals surface area contributed by atoms with Crippen LogP contribution in [-0.2, 0) is 19.0 Å². The number of halogens is 3. The summed E-state index contributed by atoms with van der Waals surface area (Å²) in [5.41, 5.74) is 0. The van der Waals surface area contributed by atoms with Gasteiger partial charge in [-0.1, -0.05) is 0 Å². The minimum absolute atomic E-state index is 0.266. The number of alkyl carbamates (subject to hydrolysis) is 1. The molecule has 1 rings (SSSR count). The van der Waals surface area contributed by atoms with E-state index in [1.165, 1.54) is 0 Å². The van der Waals surface area contributed by atoms with Crippen molar-refractivity contribution in [3.8, 4) is 0 Å². The molecule has 0 bridgehead atoms. The molecule has 1 amide bonds. The predicted octanol–water partition coefficient (Wildman–Crippen LogP) is 1.37. The van der Waals surface area contributed by atoms with Gasteiger partial charge in [0.05, 0.1) is 19.8 Å². The Balaban J connectivity index is 2.12. The first-order valence-corrected chi connectivity index (χ1v) is 7.72. The second-order valence-electron chi connectivity index (χ2n) is 5.43. The van der Waals surface area contributed by atoms with Crippen LogP contribution in [0.3, 0.4) is 0 Å². The zero-order valence-corrected chi connectivity index (χ0v) is 13.5. The summed E-state index contributed by atoms with van der Waals surface area (Å²) in [5, 5.41) is 5.60. The van der Waals surface area contributed by atoms with Crippen molar-refractivity contribution in [1.29, 1.82) is 0 Å². The molecular formula is C14H23F3N2O5. The van der Waals surface area contributed by atoms with Gasteiger partial charge in [-0.2, -0.15) is 13.2 Å². The van der Waals surface area contributed by atoms with Crippen LogP contribution in [0.2, 0.25) is 0 Å². The normalized spacial score (nSPS) is 21.3. The van der Waals surface area contributed by atoms with E-state index in [4.69, 9.17) is 9.47 Å². The summed E-state index contributed by atoms with van der Waals surface area (Å²) in [6.45, 7) is 2.33. The Labute approximate surface area is 138 Å². The minimum Gasteiger partial charge on any atom is -0.382 e. The van der Waals surface area contributed by atoms with Gasteiger partial charge in [-0.15, -0.1) is 0 Å². The van der Waals surface area contributed by atoms with E-state index in [1.807, 2.05) is 0 Å². The Bertz CT molecular complexity index is 398. The summed E-state index contributed by atoms with van der Waals surface area (Å²) >= 11 is 0. The number of hydrogen-bond acceptors (Lipinski definition) is 6. The third kappa shape index (κ3) is 8.46. The Morgan fingerprint density at radius 3 is 2.25 bits per heavy atom. The van der Waals surface area contributed by atoms with E-state index in [1.54, 1.807) is 7.11 Å². The highest BCUT2D eigenvalue weighted by Gasteiger charge is 2.42. The lowest BCUT2D eigenvalue weighted by molar-refractivity contribution is -0.192. The molecule has 0 unspecified atom stereocenters. The molecule has 24 heavy (non-hydrogen) atoms. The van der Waals surface area contributed by atoms with Crippen LogP contribution in [0.4, 0.5) is 18.0 Å². The summed E-state index contributed by atoms with van der Waals surface area (Å²) in [7, 11) is 1.60. The third-order valence-corrected chi connectivity index (χ3v) is 3.58. The van der Waals surface area contributed by atoms with Gasteiger partial charge in [0.1, 0.15) is 0 Å². The Hall–Kier alpha value is -1.39. The van der Waals surface area contributed by atoms with Gasteiger partial charge in [0, 0.05) is 25.7 Å². The molecule has 0 radical (unpaired) electrons. The second-order valence-corrected chi connectivity index (χ2v) is 5.43. The lowest BCUT2D eigenvalue weighted by Crippen LogP contribution is -2.44. The molecule has 0 aromatic carbocycles. The summed E-state index contributed by atoms with van der Waals surface area (Å²) in [6.07, 6.45) is -3.83. The quantitative estimate of drug-likeness (QED) is 0.388.